The van der Waals surface area contributed by atoms with Gasteiger partial charge >= 0.3 is 58.4 Å². The molecule has 16 heavy (non-hydrogen) atoms. The van der Waals surface area contributed by atoms with Crippen LogP contribution in [0.4, 0.5) is 12.9 Å². The molecule has 0 radical (unpaired) electrons. The minimum atomic E-state index is -5.04. The molecule has 0 fully saturated rings. The van der Waals surface area contributed by atoms with Crippen molar-refractivity contribution < 1.29 is 68.7 Å². The van der Waals surface area contributed by atoms with Crippen LogP contribution in [0.3, 0.4) is 0 Å². The van der Waals surface area contributed by atoms with Gasteiger partial charge in [0.2, 0.25) is 5.89 Å². The molecule has 0 spiro atoms. The molecular weight excluding hydrogens is 245 g/mol. The van der Waals surface area contributed by atoms with E-state index in [0.717, 1.165) is 6.07 Å². The number of benzene rings is 1. The molecule has 0 amide bonds. The normalized spacial score (nSPS) is 10.9. The van der Waals surface area contributed by atoms with Gasteiger partial charge in [0, 0.05) is 5.56 Å². The van der Waals surface area contributed by atoms with Crippen molar-refractivity contribution >= 4 is 12.4 Å². The third-order valence-electron chi connectivity index (χ3n) is 1.98. The SMILES string of the molecule is F[B-](F)(F)c1ccccc1-c1ncco1.[K+]. The fraction of sp³-hybridized carbons (Fsp3) is 0. The van der Waals surface area contributed by atoms with Crippen LogP contribution >= 0.6 is 0 Å². The Morgan fingerprint density at radius 2 is 1.81 bits per heavy atom. The summed E-state index contributed by atoms with van der Waals surface area (Å²) in [7, 11) is 0. The van der Waals surface area contributed by atoms with E-state index < -0.39 is 12.4 Å². The van der Waals surface area contributed by atoms with Gasteiger partial charge in [0.15, 0.2) is 0 Å². The molecule has 0 unspecified atom stereocenters. The van der Waals surface area contributed by atoms with E-state index in [4.69, 9.17) is 4.42 Å². The van der Waals surface area contributed by atoms with Crippen molar-refractivity contribution in [2.45, 2.75) is 0 Å². The summed E-state index contributed by atoms with van der Waals surface area (Å²) < 4.78 is 42.8. The van der Waals surface area contributed by atoms with Crippen molar-refractivity contribution in [3.63, 3.8) is 0 Å². The molecule has 0 aliphatic rings. The number of rotatable bonds is 2. The fourth-order valence-electron chi connectivity index (χ4n) is 1.33. The number of aromatic nitrogens is 1. The molecular formula is C9H6BF3KNO. The summed E-state index contributed by atoms with van der Waals surface area (Å²) >= 11 is 0. The van der Waals surface area contributed by atoms with Crippen molar-refractivity contribution in [1.82, 2.24) is 4.98 Å². The number of halogens is 3. The Balaban J connectivity index is 0.00000128. The fourth-order valence-corrected chi connectivity index (χ4v) is 1.33. The Kier molecular flexibility index (Phi) is 4.81. The second kappa shape index (κ2) is 5.50. The molecule has 78 valence electrons. The van der Waals surface area contributed by atoms with E-state index in [2.05, 4.69) is 4.98 Å². The average molecular weight is 251 g/mol. The Labute approximate surface area is 133 Å². The second-order valence-electron chi connectivity index (χ2n) is 3.00. The Bertz CT molecular complexity index is 458. The summed E-state index contributed by atoms with van der Waals surface area (Å²) in [5.74, 6) is -0.00944. The number of hydrogen-bond donors (Lipinski definition) is 0. The van der Waals surface area contributed by atoms with E-state index in [0.29, 0.717) is 0 Å². The molecule has 2 aromatic rings. The predicted molar refractivity (Wildman–Crippen MR) is 50.7 cm³/mol. The summed E-state index contributed by atoms with van der Waals surface area (Å²) in [6.07, 6.45) is 2.56. The Morgan fingerprint density at radius 3 is 2.38 bits per heavy atom. The van der Waals surface area contributed by atoms with Gasteiger partial charge in [0.1, 0.15) is 6.26 Å². The zero-order valence-corrected chi connectivity index (χ0v) is 11.7. The molecule has 0 aliphatic heterocycles. The number of nitrogens with zero attached hydrogens (tertiary/aromatic N) is 1. The predicted octanol–water partition coefficient (Wildman–Crippen LogP) is -0.600. The number of hydrogen-bond acceptors (Lipinski definition) is 2. The van der Waals surface area contributed by atoms with Crippen molar-refractivity contribution in [2.75, 3.05) is 0 Å². The van der Waals surface area contributed by atoms with Crippen LogP contribution in [0.2, 0.25) is 0 Å². The van der Waals surface area contributed by atoms with Crippen LogP contribution in [-0.4, -0.2) is 12.0 Å². The molecule has 0 atom stereocenters. The molecule has 0 saturated carbocycles. The molecule has 0 bridgehead atoms. The molecule has 0 N–H and O–H groups in total. The first-order valence-corrected chi connectivity index (χ1v) is 4.28. The third kappa shape index (κ3) is 2.98. The van der Waals surface area contributed by atoms with Crippen molar-refractivity contribution in [3.05, 3.63) is 36.7 Å². The molecule has 0 saturated heterocycles. The maximum atomic E-state index is 12.6. The molecule has 1 heterocycles. The van der Waals surface area contributed by atoms with Crippen LogP contribution in [0.25, 0.3) is 11.5 Å². The first-order valence-electron chi connectivity index (χ1n) is 4.28. The maximum absolute atomic E-state index is 12.6. The minimum Gasteiger partial charge on any atom is -0.445 e. The van der Waals surface area contributed by atoms with Crippen LogP contribution in [0.5, 0.6) is 0 Å². The zero-order chi connectivity index (χ0) is 10.9. The van der Waals surface area contributed by atoms with Crippen LogP contribution < -0.4 is 56.8 Å². The third-order valence-corrected chi connectivity index (χ3v) is 1.98. The molecule has 1 aromatic heterocycles. The van der Waals surface area contributed by atoms with Gasteiger partial charge in [-0.05, 0) is 0 Å². The zero-order valence-electron chi connectivity index (χ0n) is 8.53. The van der Waals surface area contributed by atoms with Crippen molar-refractivity contribution in [1.29, 1.82) is 0 Å². The number of oxazole rings is 1. The van der Waals surface area contributed by atoms with E-state index in [1.807, 2.05) is 0 Å². The molecule has 1 aromatic carbocycles. The quantitative estimate of drug-likeness (QED) is 0.666. The van der Waals surface area contributed by atoms with Crippen LogP contribution in [0.1, 0.15) is 0 Å². The van der Waals surface area contributed by atoms with Gasteiger partial charge in [-0.25, -0.2) is 4.98 Å². The molecule has 2 rings (SSSR count). The van der Waals surface area contributed by atoms with Crippen LogP contribution in [-0.2, 0) is 0 Å². The second-order valence-corrected chi connectivity index (χ2v) is 3.00. The van der Waals surface area contributed by atoms with Gasteiger partial charge in [-0.3, -0.25) is 0 Å². The smallest absolute Gasteiger partial charge is 0.445 e. The van der Waals surface area contributed by atoms with Crippen LogP contribution in [0, 0.1) is 0 Å². The molecule has 7 heteroatoms. The van der Waals surface area contributed by atoms with E-state index in [-0.39, 0.29) is 62.8 Å². The van der Waals surface area contributed by atoms with Gasteiger partial charge in [-0.2, -0.15) is 0 Å². The van der Waals surface area contributed by atoms with Gasteiger partial charge in [-0.15, -0.1) is 0 Å². The molecule has 0 aliphatic carbocycles. The summed E-state index contributed by atoms with van der Waals surface area (Å²) in [6.45, 7) is -5.04. The van der Waals surface area contributed by atoms with Gasteiger partial charge in [-0.1, -0.05) is 29.7 Å². The van der Waals surface area contributed by atoms with Gasteiger partial charge in [0.25, 0.3) is 0 Å². The molecule has 2 nitrogen and oxygen atoms in total. The van der Waals surface area contributed by atoms with Crippen LogP contribution in [0.15, 0.2) is 41.1 Å². The summed E-state index contributed by atoms with van der Waals surface area (Å²) in [4.78, 5) is 3.70. The first-order chi connectivity index (χ1) is 7.09. The maximum Gasteiger partial charge on any atom is 1.00 e. The Morgan fingerprint density at radius 1 is 1.12 bits per heavy atom. The van der Waals surface area contributed by atoms with E-state index >= 15 is 0 Å². The Hall–Kier alpha value is -0.0787. The summed E-state index contributed by atoms with van der Waals surface area (Å²) in [5.41, 5.74) is -0.699. The van der Waals surface area contributed by atoms with E-state index in [1.54, 1.807) is 0 Å². The largest absolute Gasteiger partial charge is 1.00 e. The standard InChI is InChI=1S/C9H6BF3NO.K/c11-10(12,13)8-4-2-1-3-7(8)9-14-5-6-15-9;/h1-6H;/q-1;+1. The van der Waals surface area contributed by atoms with Gasteiger partial charge < -0.3 is 17.4 Å². The minimum absolute atomic E-state index is 0. The van der Waals surface area contributed by atoms with E-state index in [9.17, 15) is 12.9 Å². The topological polar surface area (TPSA) is 26.0 Å². The first kappa shape index (κ1) is 14.0. The van der Waals surface area contributed by atoms with Gasteiger partial charge in [0.05, 0.1) is 6.20 Å². The monoisotopic (exact) mass is 251 g/mol. The van der Waals surface area contributed by atoms with Crippen molar-refractivity contribution in [3.8, 4) is 11.5 Å². The summed E-state index contributed by atoms with van der Waals surface area (Å²) in [6, 6.07) is 5.23. The summed E-state index contributed by atoms with van der Waals surface area (Å²) in [5, 5.41) is 0. The van der Waals surface area contributed by atoms with Crippen molar-refractivity contribution in [2.24, 2.45) is 0 Å². The average Bonchev–Trinajstić information content (AvgIpc) is 2.69. The van der Waals surface area contributed by atoms with E-state index in [1.165, 1.54) is 30.7 Å².